The zero-order valence-corrected chi connectivity index (χ0v) is 17.7. The molecule has 0 spiro atoms. The summed E-state index contributed by atoms with van der Waals surface area (Å²) in [7, 11) is -2.97. The van der Waals surface area contributed by atoms with Gasteiger partial charge in [0.2, 0.25) is 0 Å². The number of halogens is 1. The van der Waals surface area contributed by atoms with E-state index in [1.165, 1.54) is 43.5 Å². The highest BCUT2D eigenvalue weighted by Gasteiger charge is 2.23. The molecule has 1 aromatic heterocycles. The number of amides is 1. The van der Waals surface area contributed by atoms with Crippen molar-refractivity contribution in [3.05, 3.63) is 70.7 Å². The maximum Gasteiger partial charge on any atom is 0.261 e. The van der Waals surface area contributed by atoms with Gasteiger partial charge in [-0.15, -0.1) is 10.2 Å². The lowest BCUT2D eigenvalue weighted by atomic mass is 10.1. The first-order valence-corrected chi connectivity index (χ1v) is 10.9. The van der Waals surface area contributed by atoms with Crippen molar-refractivity contribution in [1.29, 1.82) is 10.0 Å². The molecule has 0 saturated heterocycles. The number of rotatable bonds is 5. The van der Waals surface area contributed by atoms with Gasteiger partial charge in [0.15, 0.2) is 5.69 Å². The van der Waals surface area contributed by atoms with Gasteiger partial charge in [-0.1, -0.05) is 6.07 Å². The van der Waals surface area contributed by atoms with E-state index < -0.39 is 21.5 Å². The number of nitrogens with one attached hydrogen (secondary N) is 2. The molecule has 0 aliphatic heterocycles. The average Bonchev–Trinajstić information content (AvgIpc) is 2.70. The number of hydrogen-bond donors (Lipinski definition) is 2. The number of hydrogen-bond acceptors (Lipinski definition) is 7. The molecule has 1 atom stereocenters. The number of carbonyl (C=O) groups excluding carboxylic acids is 1. The molecule has 3 aromatic rings. The Kier molecular flexibility index (Phi) is 5.99. The third kappa shape index (κ3) is 4.84. The molecule has 10 heteroatoms. The summed E-state index contributed by atoms with van der Waals surface area (Å²) in [5.74, 6) is -0.953. The standard InChI is InChI=1S/C21H18FN5O3S/c1-12-9-14(22)7-8-18(12)30-21-19(13(2)17(11-23)26-27-21)20(28)25-15-5-4-6-16(10-15)31(3,24)29/h4-10,24H,1-3H3,(H,25,28). The highest BCUT2D eigenvalue weighted by molar-refractivity contribution is 7.91. The maximum absolute atomic E-state index is 13.4. The number of ether oxygens (including phenoxy) is 1. The van der Waals surface area contributed by atoms with Crippen LogP contribution in [0.1, 0.15) is 27.2 Å². The summed E-state index contributed by atoms with van der Waals surface area (Å²) in [6.45, 7) is 3.17. The van der Waals surface area contributed by atoms with Crippen molar-refractivity contribution < 1.29 is 18.1 Å². The van der Waals surface area contributed by atoms with Crippen molar-refractivity contribution in [2.45, 2.75) is 18.7 Å². The van der Waals surface area contributed by atoms with Crippen LogP contribution in [0.4, 0.5) is 10.1 Å². The van der Waals surface area contributed by atoms with Gasteiger partial charge in [0.1, 0.15) is 23.2 Å². The Morgan fingerprint density at radius 1 is 1.23 bits per heavy atom. The first-order valence-electron chi connectivity index (χ1n) is 8.96. The number of anilines is 1. The molecule has 3 rings (SSSR count). The molecule has 2 aromatic carbocycles. The maximum atomic E-state index is 13.4. The lowest BCUT2D eigenvalue weighted by Gasteiger charge is -2.14. The third-order valence-electron chi connectivity index (χ3n) is 4.40. The van der Waals surface area contributed by atoms with Crippen molar-refractivity contribution in [2.24, 2.45) is 0 Å². The van der Waals surface area contributed by atoms with Crippen molar-refractivity contribution >= 4 is 21.3 Å². The van der Waals surface area contributed by atoms with Crippen molar-refractivity contribution in [2.75, 3.05) is 11.6 Å². The Hall–Kier alpha value is -3.84. The Bertz CT molecular complexity index is 1330. The molecule has 0 radical (unpaired) electrons. The van der Waals surface area contributed by atoms with Crippen LogP contribution in [-0.2, 0) is 9.73 Å². The predicted octanol–water partition coefficient (Wildman–Crippen LogP) is 4.18. The highest BCUT2D eigenvalue weighted by atomic mass is 32.2. The molecule has 2 N–H and O–H groups in total. The fourth-order valence-electron chi connectivity index (χ4n) is 2.79. The molecule has 0 aliphatic rings. The number of aromatic nitrogens is 2. The second kappa shape index (κ2) is 8.49. The molecular formula is C21H18FN5O3S. The Labute approximate surface area is 178 Å². The quantitative estimate of drug-likeness (QED) is 0.613. The van der Waals surface area contributed by atoms with Crippen LogP contribution in [0.15, 0.2) is 47.4 Å². The van der Waals surface area contributed by atoms with Gasteiger partial charge in [0.25, 0.3) is 11.8 Å². The van der Waals surface area contributed by atoms with Gasteiger partial charge >= 0.3 is 0 Å². The monoisotopic (exact) mass is 439 g/mol. The van der Waals surface area contributed by atoms with E-state index >= 15 is 0 Å². The summed E-state index contributed by atoms with van der Waals surface area (Å²) in [5, 5.41) is 19.6. The van der Waals surface area contributed by atoms with Crippen molar-refractivity contribution in [3.63, 3.8) is 0 Å². The normalized spacial score (nSPS) is 12.5. The van der Waals surface area contributed by atoms with Crippen LogP contribution in [0, 0.1) is 35.8 Å². The lowest BCUT2D eigenvalue weighted by molar-refractivity contribution is 0.102. The fraction of sp³-hybridized carbons (Fsp3) is 0.143. The minimum absolute atomic E-state index is 0.0243. The second-order valence-electron chi connectivity index (χ2n) is 6.80. The van der Waals surface area contributed by atoms with Gasteiger partial charge in [0.05, 0.1) is 9.73 Å². The molecule has 158 valence electrons. The Balaban J connectivity index is 2.03. The van der Waals surface area contributed by atoms with E-state index in [1.807, 2.05) is 6.07 Å². The smallest absolute Gasteiger partial charge is 0.261 e. The van der Waals surface area contributed by atoms with Crippen LogP contribution in [0.3, 0.4) is 0 Å². The minimum atomic E-state index is -2.97. The van der Waals surface area contributed by atoms with Gasteiger partial charge in [-0.2, -0.15) is 5.26 Å². The van der Waals surface area contributed by atoms with Gasteiger partial charge in [-0.3, -0.25) is 4.79 Å². The molecule has 8 nitrogen and oxygen atoms in total. The lowest BCUT2D eigenvalue weighted by Crippen LogP contribution is -2.17. The predicted molar refractivity (Wildman–Crippen MR) is 112 cm³/mol. The van der Waals surface area contributed by atoms with Gasteiger partial charge in [0, 0.05) is 22.4 Å². The van der Waals surface area contributed by atoms with Crippen molar-refractivity contribution in [3.8, 4) is 17.7 Å². The number of aryl methyl sites for hydroxylation is 1. The van der Waals surface area contributed by atoms with Crippen LogP contribution in [-0.4, -0.2) is 26.6 Å². The zero-order valence-electron chi connectivity index (χ0n) is 16.9. The van der Waals surface area contributed by atoms with Crippen LogP contribution >= 0.6 is 0 Å². The number of nitrogens with zero attached hydrogens (tertiary/aromatic N) is 3. The zero-order chi connectivity index (χ0) is 22.8. The van der Waals surface area contributed by atoms with E-state index in [-0.39, 0.29) is 33.3 Å². The van der Waals surface area contributed by atoms with Crippen LogP contribution in [0.25, 0.3) is 0 Å². The minimum Gasteiger partial charge on any atom is -0.437 e. The average molecular weight is 439 g/mol. The number of nitriles is 1. The van der Waals surface area contributed by atoms with E-state index in [0.29, 0.717) is 11.3 Å². The Morgan fingerprint density at radius 3 is 2.61 bits per heavy atom. The molecule has 0 bridgehead atoms. The summed E-state index contributed by atoms with van der Waals surface area (Å²) in [6, 6.07) is 11.9. The molecule has 0 aliphatic carbocycles. The highest BCUT2D eigenvalue weighted by Crippen LogP contribution is 2.29. The molecule has 1 unspecified atom stereocenters. The molecule has 31 heavy (non-hydrogen) atoms. The molecule has 0 fully saturated rings. The van der Waals surface area contributed by atoms with E-state index in [1.54, 1.807) is 19.1 Å². The van der Waals surface area contributed by atoms with Crippen molar-refractivity contribution in [1.82, 2.24) is 10.2 Å². The summed E-state index contributed by atoms with van der Waals surface area (Å²) in [6.07, 6.45) is 1.28. The largest absolute Gasteiger partial charge is 0.437 e. The number of benzene rings is 2. The summed E-state index contributed by atoms with van der Waals surface area (Å²) < 4.78 is 38.8. The van der Waals surface area contributed by atoms with Gasteiger partial charge in [-0.25, -0.2) is 13.4 Å². The Morgan fingerprint density at radius 2 is 1.97 bits per heavy atom. The molecular weight excluding hydrogens is 421 g/mol. The fourth-order valence-corrected chi connectivity index (χ4v) is 3.48. The second-order valence-corrected chi connectivity index (χ2v) is 8.96. The van der Waals surface area contributed by atoms with Gasteiger partial charge < -0.3 is 10.1 Å². The first kappa shape index (κ1) is 21.9. The van der Waals surface area contributed by atoms with E-state index in [2.05, 4.69) is 15.5 Å². The summed E-state index contributed by atoms with van der Waals surface area (Å²) in [5.41, 5.74) is 0.966. The van der Waals surface area contributed by atoms with Crippen LogP contribution in [0.2, 0.25) is 0 Å². The van der Waals surface area contributed by atoms with E-state index in [4.69, 9.17) is 9.52 Å². The van der Waals surface area contributed by atoms with E-state index in [0.717, 1.165) is 0 Å². The SMILES string of the molecule is Cc1cc(F)ccc1Oc1nnc(C#N)c(C)c1C(=O)Nc1cccc(S(C)(=N)=O)c1. The summed E-state index contributed by atoms with van der Waals surface area (Å²) in [4.78, 5) is 13.3. The number of carbonyl (C=O) groups is 1. The van der Waals surface area contributed by atoms with Crippen LogP contribution in [0.5, 0.6) is 11.6 Å². The summed E-state index contributed by atoms with van der Waals surface area (Å²) >= 11 is 0. The van der Waals surface area contributed by atoms with Crippen LogP contribution < -0.4 is 10.1 Å². The first-order chi connectivity index (χ1) is 14.6. The van der Waals surface area contributed by atoms with E-state index in [9.17, 15) is 18.7 Å². The molecule has 1 heterocycles. The molecule has 0 saturated carbocycles. The topological polar surface area (TPSA) is 129 Å². The molecule has 1 amide bonds. The third-order valence-corrected chi connectivity index (χ3v) is 5.56. The van der Waals surface area contributed by atoms with Gasteiger partial charge in [-0.05, 0) is 55.8 Å².